The van der Waals surface area contributed by atoms with Crippen molar-refractivity contribution in [1.29, 1.82) is 0 Å². The molecular formula is C16H24N2. The van der Waals surface area contributed by atoms with Crippen LogP contribution in [0.1, 0.15) is 25.8 Å². The average Bonchev–Trinajstić information content (AvgIpc) is 2.79. The minimum Gasteiger partial charge on any atom is -0.368 e. The van der Waals surface area contributed by atoms with Gasteiger partial charge in [-0.2, -0.15) is 0 Å². The fourth-order valence-corrected chi connectivity index (χ4v) is 3.40. The zero-order valence-corrected chi connectivity index (χ0v) is 11.5. The van der Waals surface area contributed by atoms with Gasteiger partial charge in [0.15, 0.2) is 0 Å². The molecule has 0 radical (unpaired) electrons. The maximum Gasteiger partial charge on any atom is 0.0401 e. The predicted molar refractivity (Wildman–Crippen MR) is 77.1 cm³/mol. The van der Waals surface area contributed by atoms with Gasteiger partial charge in [-0.25, -0.2) is 0 Å². The summed E-state index contributed by atoms with van der Waals surface area (Å²) in [6.45, 7) is 8.35. The van der Waals surface area contributed by atoms with Crippen molar-refractivity contribution in [2.45, 2.75) is 32.7 Å². The quantitative estimate of drug-likeness (QED) is 0.860. The molecule has 0 spiro atoms. The predicted octanol–water partition coefficient (Wildman–Crippen LogP) is 2.68. The first-order chi connectivity index (χ1) is 8.75. The highest BCUT2D eigenvalue weighted by Gasteiger charge is 2.29. The molecule has 3 unspecified atom stereocenters. The van der Waals surface area contributed by atoms with Crippen LogP contribution in [-0.2, 0) is 6.42 Å². The molecule has 1 aromatic rings. The van der Waals surface area contributed by atoms with Gasteiger partial charge in [-0.05, 0) is 56.3 Å². The third-order valence-electron chi connectivity index (χ3n) is 4.77. The molecule has 3 rings (SSSR count). The molecular weight excluding hydrogens is 220 g/mol. The van der Waals surface area contributed by atoms with Crippen LogP contribution in [0.4, 0.5) is 5.69 Å². The van der Waals surface area contributed by atoms with Crippen molar-refractivity contribution in [2.24, 2.45) is 11.8 Å². The van der Waals surface area contributed by atoms with Gasteiger partial charge in [0.1, 0.15) is 0 Å². The van der Waals surface area contributed by atoms with E-state index in [0.29, 0.717) is 6.04 Å². The Morgan fingerprint density at radius 1 is 1.22 bits per heavy atom. The van der Waals surface area contributed by atoms with Crippen molar-refractivity contribution in [3.63, 3.8) is 0 Å². The van der Waals surface area contributed by atoms with Crippen LogP contribution in [-0.4, -0.2) is 25.7 Å². The summed E-state index contributed by atoms with van der Waals surface area (Å²) in [6, 6.07) is 9.64. The fourth-order valence-electron chi connectivity index (χ4n) is 3.40. The van der Waals surface area contributed by atoms with Crippen LogP contribution in [0.5, 0.6) is 0 Å². The van der Waals surface area contributed by atoms with Crippen molar-refractivity contribution in [3.8, 4) is 0 Å². The highest BCUT2D eigenvalue weighted by Crippen LogP contribution is 2.32. The van der Waals surface area contributed by atoms with Gasteiger partial charge in [-0.3, -0.25) is 0 Å². The molecule has 2 aliphatic rings. The van der Waals surface area contributed by atoms with Gasteiger partial charge in [-0.15, -0.1) is 0 Å². The van der Waals surface area contributed by atoms with E-state index in [1.54, 1.807) is 0 Å². The van der Waals surface area contributed by atoms with Gasteiger partial charge in [0, 0.05) is 18.3 Å². The van der Waals surface area contributed by atoms with Crippen LogP contribution < -0.4 is 10.2 Å². The second-order valence-corrected chi connectivity index (χ2v) is 6.06. The smallest absolute Gasteiger partial charge is 0.0401 e. The van der Waals surface area contributed by atoms with Gasteiger partial charge < -0.3 is 10.2 Å². The minimum absolute atomic E-state index is 0.688. The van der Waals surface area contributed by atoms with Gasteiger partial charge in [0.2, 0.25) is 0 Å². The lowest BCUT2D eigenvalue weighted by molar-refractivity contribution is 0.419. The number of rotatable bonds is 2. The summed E-state index contributed by atoms with van der Waals surface area (Å²) in [6.07, 6.45) is 2.54. The number of anilines is 1. The second-order valence-electron chi connectivity index (χ2n) is 6.06. The molecule has 0 aliphatic carbocycles. The first-order valence-corrected chi connectivity index (χ1v) is 7.31. The number of fused-ring (bicyclic) bond motifs is 1. The van der Waals surface area contributed by atoms with E-state index in [2.05, 4.69) is 48.3 Å². The standard InChI is InChI=1S/C16H24N2/c1-12-9-17-10-15(12)11-18-13(2)7-8-14-5-3-4-6-16(14)18/h3-6,12-13,15,17H,7-11H2,1-2H3. The third kappa shape index (κ3) is 2.14. The number of nitrogens with one attached hydrogen (secondary N) is 1. The first kappa shape index (κ1) is 12.0. The first-order valence-electron chi connectivity index (χ1n) is 7.31. The van der Waals surface area contributed by atoms with E-state index in [-0.39, 0.29) is 0 Å². The molecule has 3 atom stereocenters. The Morgan fingerprint density at radius 2 is 2.06 bits per heavy atom. The third-order valence-corrected chi connectivity index (χ3v) is 4.77. The monoisotopic (exact) mass is 244 g/mol. The highest BCUT2D eigenvalue weighted by atomic mass is 15.2. The lowest BCUT2D eigenvalue weighted by atomic mass is 9.92. The second kappa shape index (κ2) is 4.93. The molecule has 2 heterocycles. The van der Waals surface area contributed by atoms with E-state index >= 15 is 0 Å². The molecule has 2 heteroatoms. The SMILES string of the molecule is CC1CNCC1CN1c2ccccc2CCC1C. The Morgan fingerprint density at radius 3 is 2.83 bits per heavy atom. The lowest BCUT2D eigenvalue weighted by Crippen LogP contribution is -2.42. The molecule has 2 aliphatic heterocycles. The van der Waals surface area contributed by atoms with Crippen LogP contribution in [0.3, 0.4) is 0 Å². The Hall–Kier alpha value is -1.02. The number of aryl methyl sites for hydroxylation is 1. The molecule has 1 fully saturated rings. The maximum atomic E-state index is 3.52. The topological polar surface area (TPSA) is 15.3 Å². The van der Waals surface area contributed by atoms with E-state index in [1.165, 1.54) is 43.7 Å². The molecule has 0 amide bonds. The van der Waals surface area contributed by atoms with Crippen LogP contribution in [0.25, 0.3) is 0 Å². The van der Waals surface area contributed by atoms with E-state index in [4.69, 9.17) is 0 Å². The van der Waals surface area contributed by atoms with Gasteiger partial charge in [0.05, 0.1) is 0 Å². The van der Waals surface area contributed by atoms with Crippen molar-refractivity contribution in [3.05, 3.63) is 29.8 Å². The summed E-state index contributed by atoms with van der Waals surface area (Å²) in [5.41, 5.74) is 3.02. The molecule has 1 N–H and O–H groups in total. The summed E-state index contributed by atoms with van der Waals surface area (Å²) < 4.78 is 0. The maximum absolute atomic E-state index is 3.52. The van der Waals surface area contributed by atoms with Crippen LogP contribution in [0.2, 0.25) is 0 Å². The van der Waals surface area contributed by atoms with E-state index in [1.807, 2.05) is 0 Å². The largest absolute Gasteiger partial charge is 0.368 e. The lowest BCUT2D eigenvalue weighted by Gasteiger charge is -2.39. The van der Waals surface area contributed by atoms with Crippen molar-refractivity contribution >= 4 is 5.69 Å². The Labute approximate surface area is 110 Å². The minimum atomic E-state index is 0.688. The normalized spacial score (nSPS) is 31.4. The zero-order valence-electron chi connectivity index (χ0n) is 11.5. The van der Waals surface area contributed by atoms with Crippen molar-refractivity contribution in [1.82, 2.24) is 5.32 Å². The summed E-state index contributed by atoms with van der Waals surface area (Å²) in [5.74, 6) is 1.62. The van der Waals surface area contributed by atoms with Crippen LogP contribution in [0.15, 0.2) is 24.3 Å². The summed E-state index contributed by atoms with van der Waals surface area (Å²) in [4.78, 5) is 2.65. The molecule has 0 saturated carbocycles. The number of hydrogen-bond donors (Lipinski definition) is 1. The molecule has 1 aromatic carbocycles. The molecule has 2 nitrogen and oxygen atoms in total. The van der Waals surface area contributed by atoms with E-state index < -0.39 is 0 Å². The Bertz CT molecular complexity index is 415. The number of para-hydroxylation sites is 1. The molecule has 18 heavy (non-hydrogen) atoms. The fraction of sp³-hybridized carbons (Fsp3) is 0.625. The van der Waals surface area contributed by atoms with E-state index in [9.17, 15) is 0 Å². The van der Waals surface area contributed by atoms with Crippen molar-refractivity contribution in [2.75, 3.05) is 24.5 Å². The molecule has 1 saturated heterocycles. The summed E-state index contributed by atoms with van der Waals surface area (Å²) in [7, 11) is 0. The Kier molecular flexibility index (Phi) is 3.29. The summed E-state index contributed by atoms with van der Waals surface area (Å²) in [5, 5.41) is 3.52. The molecule has 0 aromatic heterocycles. The van der Waals surface area contributed by atoms with Crippen molar-refractivity contribution < 1.29 is 0 Å². The number of benzene rings is 1. The number of nitrogens with zero attached hydrogens (tertiary/aromatic N) is 1. The zero-order chi connectivity index (χ0) is 12.5. The summed E-state index contributed by atoms with van der Waals surface area (Å²) >= 11 is 0. The van der Waals surface area contributed by atoms with E-state index in [0.717, 1.165) is 11.8 Å². The average molecular weight is 244 g/mol. The Balaban J connectivity index is 1.82. The molecule has 0 bridgehead atoms. The van der Waals surface area contributed by atoms with Gasteiger partial charge in [-0.1, -0.05) is 25.1 Å². The number of hydrogen-bond acceptors (Lipinski definition) is 2. The van der Waals surface area contributed by atoms with Gasteiger partial charge >= 0.3 is 0 Å². The van der Waals surface area contributed by atoms with Crippen LogP contribution >= 0.6 is 0 Å². The molecule has 98 valence electrons. The van der Waals surface area contributed by atoms with Crippen LogP contribution in [0, 0.1) is 11.8 Å². The van der Waals surface area contributed by atoms with Gasteiger partial charge in [0.25, 0.3) is 0 Å². The highest BCUT2D eigenvalue weighted by molar-refractivity contribution is 5.56.